The molecule has 0 bridgehead atoms. The monoisotopic (exact) mass is 483 g/mol. The summed E-state index contributed by atoms with van der Waals surface area (Å²) in [4.78, 5) is 4.23. The molecule has 2 aromatic rings. The topological polar surface area (TPSA) is 89.1 Å². The number of nitrogens with one attached hydrogen (secondary N) is 1. The summed E-state index contributed by atoms with van der Waals surface area (Å²) in [5, 5.41) is 13.3. The molecule has 0 aromatic heterocycles. The molecule has 2 unspecified atom stereocenters. The van der Waals surface area contributed by atoms with Gasteiger partial charge in [-0.3, -0.25) is 4.99 Å². The average molecular weight is 483 g/mol. The molecule has 1 aliphatic heterocycles. The number of guanidine groups is 1. The van der Waals surface area contributed by atoms with Crippen LogP contribution in [0, 0.1) is 6.92 Å². The predicted molar refractivity (Wildman–Crippen MR) is 117 cm³/mol. The molecule has 1 heterocycles. The Bertz CT molecular complexity index is 770. The van der Waals surface area contributed by atoms with Gasteiger partial charge in [0.15, 0.2) is 5.96 Å². The molecular weight excluding hydrogens is 457 g/mol. The zero-order valence-electron chi connectivity index (χ0n) is 15.3. The SMILES string of the molecule is Cc1cccc(OCC(O)CN=C(N)NC2CCOc3ccccc32)c1.I. The predicted octanol–water partition coefficient (Wildman–Crippen LogP) is 2.78. The molecule has 4 N–H and O–H groups in total. The molecule has 146 valence electrons. The minimum Gasteiger partial charge on any atom is -0.493 e. The molecule has 2 atom stereocenters. The lowest BCUT2D eigenvalue weighted by molar-refractivity contribution is 0.114. The number of halogens is 1. The van der Waals surface area contributed by atoms with Gasteiger partial charge in [-0.25, -0.2) is 0 Å². The van der Waals surface area contributed by atoms with Crippen molar-refractivity contribution in [2.45, 2.75) is 25.5 Å². The highest BCUT2D eigenvalue weighted by Gasteiger charge is 2.21. The molecule has 7 heteroatoms. The van der Waals surface area contributed by atoms with Crippen LogP contribution in [0.3, 0.4) is 0 Å². The van der Waals surface area contributed by atoms with E-state index in [0.717, 1.165) is 29.0 Å². The Balaban J connectivity index is 0.00000261. The summed E-state index contributed by atoms with van der Waals surface area (Å²) in [5.41, 5.74) is 8.16. The standard InChI is InChI=1S/C20H25N3O3.HI/c1-14-5-4-6-16(11-14)26-13-15(24)12-22-20(21)23-18-9-10-25-19-8-3-2-7-17(18)19;/h2-8,11,15,18,24H,9-10,12-13H2,1H3,(H3,21,22,23);1H. The Morgan fingerprint density at radius 1 is 1.33 bits per heavy atom. The van der Waals surface area contributed by atoms with Crippen LogP contribution in [-0.4, -0.2) is 36.9 Å². The number of aliphatic hydroxyl groups is 1. The number of nitrogens with two attached hydrogens (primary N) is 1. The van der Waals surface area contributed by atoms with Gasteiger partial charge in [-0.05, 0) is 30.7 Å². The lowest BCUT2D eigenvalue weighted by Gasteiger charge is -2.27. The Labute approximate surface area is 176 Å². The zero-order valence-corrected chi connectivity index (χ0v) is 17.6. The number of rotatable bonds is 6. The quantitative estimate of drug-likeness (QED) is 0.334. The molecule has 6 nitrogen and oxygen atoms in total. The van der Waals surface area contributed by atoms with E-state index in [4.69, 9.17) is 15.2 Å². The van der Waals surface area contributed by atoms with E-state index in [-0.39, 0.29) is 43.2 Å². The Morgan fingerprint density at radius 3 is 2.96 bits per heavy atom. The van der Waals surface area contributed by atoms with E-state index < -0.39 is 6.10 Å². The maximum absolute atomic E-state index is 10.1. The molecule has 0 spiro atoms. The normalized spacial score (nSPS) is 17.1. The van der Waals surface area contributed by atoms with Crippen molar-refractivity contribution in [3.63, 3.8) is 0 Å². The number of nitrogens with zero attached hydrogens (tertiary/aromatic N) is 1. The molecular formula is C20H26IN3O3. The smallest absolute Gasteiger partial charge is 0.189 e. The molecule has 0 saturated heterocycles. The summed E-state index contributed by atoms with van der Waals surface area (Å²) in [6.45, 7) is 2.97. The van der Waals surface area contributed by atoms with Crippen molar-refractivity contribution in [1.82, 2.24) is 5.32 Å². The number of benzene rings is 2. The highest BCUT2D eigenvalue weighted by molar-refractivity contribution is 14.0. The Morgan fingerprint density at radius 2 is 2.15 bits per heavy atom. The number of hydrogen-bond donors (Lipinski definition) is 3. The van der Waals surface area contributed by atoms with Crippen LogP contribution in [0.2, 0.25) is 0 Å². The first kappa shape index (κ1) is 21.3. The van der Waals surface area contributed by atoms with Gasteiger partial charge in [-0.1, -0.05) is 30.3 Å². The fourth-order valence-corrected chi connectivity index (χ4v) is 2.87. The van der Waals surface area contributed by atoms with E-state index >= 15 is 0 Å². The van der Waals surface area contributed by atoms with E-state index in [1.54, 1.807) is 0 Å². The van der Waals surface area contributed by atoms with Gasteiger partial charge in [-0.15, -0.1) is 24.0 Å². The number of fused-ring (bicyclic) bond motifs is 1. The summed E-state index contributed by atoms with van der Waals surface area (Å²) in [6, 6.07) is 15.6. The molecule has 1 aliphatic rings. The number of ether oxygens (including phenoxy) is 2. The summed E-state index contributed by atoms with van der Waals surface area (Å²) >= 11 is 0. The second kappa shape index (κ2) is 10.4. The number of aliphatic hydroxyl groups excluding tert-OH is 1. The van der Waals surface area contributed by atoms with Gasteiger partial charge in [0.1, 0.15) is 24.2 Å². The van der Waals surface area contributed by atoms with E-state index in [2.05, 4.69) is 10.3 Å². The summed E-state index contributed by atoms with van der Waals surface area (Å²) in [6.07, 6.45) is 0.0875. The summed E-state index contributed by atoms with van der Waals surface area (Å²) < 4.78 is 11.2. The fraction of sp³-hybridized carbons (Fsp3) is 0.350. The van der Waals surface area contributed by atoms with Crippen LogP contribution < -0.4 is 20.5 Å². The number of aryl methyl sites for hydroxylation is 1. The summed E-state index contributed by atoms with van der Waals surface area (Å²) in [7, 11) is 0. The zero-order chi connectivity index (χ0) is 18.4. The van der Waals surface area contributed by atoms with Crippen LogP contribution in [0.4, 0.5) is 0 Å². The van der Waals surface area contributed by atoms with Crippen LogP contribution in [-0.2, 0) is 0 Å². The lowest BCUT2D eigenvalue weighted by atomic mass is 10.0. The lowest BCUT2D eigenvalue weighted by Crippen LogP contribution is -2.38. The van der Waals surface area contributed by atoms with Gasteiger partial charge in [0.05, 0.1) is 19.2 Å². The third kappa shape index (κ3) is 6.28. The van der Waals surface area contributed by atoms with Crippen molar-refractivity contribution in [2.75, 3.05) is 19.8 Å². The van der Waals surface area contributed by atoms with Gasteiger partial charge < -0.3 is 25.6 Å². The van der Waals surface area contributed by atoms with Crippen LogP contribution in [0.1, 0.15) is 23.6 Å². The first-order valence-corrected chi connectivity index (χ1v) is 8.77. The van der Waals surface area contributed by atoms with E-state index in [9.17, 15) is 5.11 Å². The van der Waals surface area contributed by atoms with E-state index in [1.807, 2.05) is 55.5 Å². The fourth-order valence-electron chi connectivity index (χ4n) is 2.87. The molecule has 0 radical (unpaired) electrons. The van der Waals surface area contributed by atoms with Gasteiger partial charge in [0, 0.05) is 12.0 Å². The minimum atomic E-state index is -0.724. The minimum absolute atomic E-state index is 0. The first-order valence-electron chi connectivity index (χ1n) is 8.77. The maximum Gasteiger partial charge on any atom is 0.189 e. The molecule has 0 amide bonds. The second-order valence-electron chi connectivity index (χ2n) is 6.38. The van der Waals surface area contributed by atoms with E-state index in [1.165, 1.54) is 0 Å². The van der Waals surface area contributed by atoms with Crippen molar-refractivity contribution in [2.24, 2.45) is 10.7 Å². The molecule has 27 heavy (non-hydrogen) atoms. The van der Waals surface area contributed by atoms with Crippen molar-refractivity contribution < 1.29 is 14.6 Å². The number of para-hydroxylation sites is 1. The van der Waals surface area contributed by atoms with Crippen LogP contribution in [0.5, 0.6) is 11.5 Å². The van der Waals surface area contributed by atoms with Crippen molar-refractivity contribution in [1.29, 1.82) is 0 Å². The van der Waals surface area contributed by atoms with Crippen LogP contribution in [0.25, 0.3) is 0 Å². The van der Waals surface area contributed by atoms with Crippen LogP contribution in [0.15, 0.2) is 53.5 Å². The number of hydrogen-bond acceptors (Lipinski definition) is 4. The second-order valence-corrected chi connectivity index (χ2v) is 6.38. The largest absolute Gasteiger partial charge is 0.493 e. The molecule has 3 rings (SSSR count). The average Bonchev–Trinajstić information content (AvgIpc) is 2.65. The molecule has 0 fully saturated rings. The van der Waals surface area contributed by atoms with Crippen molar-refractivity contribution in [3.8, 4) is 11.5 Å². The van der Waals surface area contributed by atoms with Crippen molar-refractivity contribution in [3.05, 3.63) is 59.7 Å². The Kier molecular flexibility index (Phi) is 8.18. The molecule has 0 saturated carbocycles. The Hall–Kier alpha value is -2.00. The third-order valence-electron chi connectivity index (χ3n) is 4.18. The number of aliphatic imine (C=N–C) groups is 1. The van der Waals surface area contributed by atoms with Gasteiger partial charge >= 0.3 is 0 Å². The first-order chi connectivity index (χ1) is 12.6. The summed E-state index contributed by atoms with van der Waals surface area (Å²) in [5.74, 6) is 1.91. The highest BCUT2D eigenvalue weighted by Crippen LogP contribution is 2.31. The van der Waals surface area contributed by atoms with Gasteiger partial charge in [-0.2, -0.15) is 0 Å². The highest BCUT2D eigenvalue weighted by atomic mass is 127. The third-order valence-corrected chi connectivity index (χ3v) is 4.18. The van der Waals surface area contributed by atoms with Crippen LogP contribution >= 0.6 is 24.0 Å². The molecule has 2 aromatic carbocycles. The van der Waals surface area contributed by atoms with Gasteiger partial charge in [0.2, 0.25) is 0 Å². The van der Waals surface area contributed by atoms with Gasteiger partial charge in [0.25, 0.3) is 0 Å². The molecule has 0 aliphatic carbocycles. The van der Waals surface area contributed by atoms with E-state index in [0.29, 0.717) is 12.6 Å². The maximum atomic E-state index is 10.1. The van der Waals surface area contributed by atoms with Crippen molar-refractivity contribution >= 4 is 29.9 Å².